The molecule has 9 heteroatoms. The summed E-state index contributed by atoms with van der Waals surface area (Å²) in [6.07, 6.45) is 0. The first-order valence-corrected chi connectivity index (χ1v) is 11.1. The second-order valence-electron chi connectivity index (χ2n) is 7.21. The van der Waals surface area contributed by atoms with Gasteiger partial charge in [0, 0.05) is 49.0 Å². The molecule has 1 fully saturated rings. The third-order valence-electron chi connectivity index (χ3n) is 5.36. The second-order valence-corrected chi connectivity index (χ2v) is 8.07. The molecule has 168 valence electrons. The van der Waals surface area contributed by atoms with Gasteiger partial charge in [-0.05, 0) is 36.4 Å². The first-order chi connectivity index (χ1) is 15.6. The Morgan fingerprint density at radius 2 is 1.66 bits per heavy atom. The Morgan fingerprint density at radius 3 is 2.31 bits per heavy atom. The number of nitrogens with zero attached hydrogens (tertiary/aromatic N) is 3. The van der Waals surface area contributed by atoms with Crippen LogP contribution in [0.1, 0.15) is 10.5 Å². The molecule has 0 spiro atoms. The van der Waals surface area contributed by atoms with Crippen LogP contribution in [0.15, 0.2) is 47.8 Å². The van der Waals surface area contributed by atoms with E-state index in [1.807, 2.05) is 47.4 Å². The van der Waals surface area contributed by atoms with E-state index < -0.39 is 0 Å². The van der Waals surface area contributed by atoms with Crippen molar-refractivity contribution in [2.75, 3.05) is 57.7 Å². The van der Waals surface area contributed by atoms with Crippen LogP contribution in [0.25, 0.3) is 0 Å². The predicted molar refractivity (Wildman–Crippen MR) is 126 cm³/mol. The zero-order valence-corrected chi connectivity index (χ0v) is 19.1. The van der Waals surface area contributed by atoms with Gasteiger partial charge in [0.1, 0.15) is 11.4 Å². The minimum Gasteiger partial charge on any atom is -0.497 e. The number of nitrogens with one attached hydrogen (secondary N) is 1. The summed E-state index contributed by atoms with van der Waals surface area (Å²) in [7, 11) is 4.85. The molecule has 2 aromatic carbocycles. The van der Waals surface area contributed by atoms with E-state index in [0.29, 0.717) is 35.4 Å². The standard InChI is InChI=1S/C23H26N4O4S/c1-29-18-7-5-17(6-8-18)26-10-12-27(13-11-26)22(28)19-15-32-23(25-19)24-16-4-9-20(30-2)21(14-16)31-3/h4-9,14-15H,10-13H2,1-3H3,(H,24,25). The van der Waals surface area contributed by atoms with Gasteiger partial charge in [-0.1, -0.05) is 0 Å². The molecule has 0 saturated carbocycles. The molecule has 0 atom stereocenters. The van der Waals surface area contributed by atoms with Crippen LogP contribution in [0.5, 0.6) is 17.2 Å². The highest BCUT2D eigenvalue weighted by Gasteiger charge is 2.24. The number of carbonyl (C=O) groups excluding carboxylic acids is 1. The maximum atomic E-state index is 12.9. The summed E-state index contributed by atoms with van der Waals surface area (Å²) >= 11 is 1.40. The lowest BCUT2D eigenvalue weighted by atomic mass is 10.2. The summed E-state index contributed by atoms with van der Waals surface area (Å²) in [6, 6.07) is 13.5. The molecule has 0 bridgehead atoms. The zero-order valence-electron chi connectivity index (χ0n) is 18.3. The molecule has 1 aliphatic rings. The van der Waals surface area contributed by atoms with Crippen LogP contribution in [0.3, 0.4) is 0 Å². The number of hydrogen-bond donors (Lipinski definition) is 1. The Morgan fingerprint density at radius 1 is 0.938 bits per heavy atom. The Labute approximate surface area is 191 Å². The molecule has 0 unspecified atom stereocenters. The van der Waals surface area contributed by atoms with Gasteiger partial charge in [-0.25, -0.2) is 4.98 Å². The van der Waals surface area contributed by atoms with Crippen molar-refractivity contribution in [1.82, 2.24) is 9.88 Å². The van der Waals surface area contributed by atoms with Crippen molar-refractivity contribution in [3.63, 3.8) is 0 Å². The average molecular weight is 455 g/mol. The summed E-state index contributed by atoms with van der Waals surface area (Å²) in [5.41, 5.74) is 2.40. The first kappa shape index (κ1) is 21.8. The summed E-state index contributed by atoms with van der Waals surface area (Å²) in [5, 5.41) is 5.67. The first-order valence-electron chi connectivity index (χ1n) is 10.2. The highest BCUT2D eigenvalue weighted by molar-refractivity contribution is 7.14. The van der Waals surface area contributed by atoms with E-state index in [0.717, 1.165) is 30.2 Å². The lowest BCUT2D eigenvalue weighted by Crippen LogP contribution is -2.48. The van der Waals surface area contributed by atoms with Crippen LogP contribution in [0, 0.1) is 0 Å². The van der Waals surface area contributed by atoms with Crippen LogP contribution in [0.4, 0.5) is 16.5 Å². The van der Waals surface area contributed by atoms with Crippen LogP contribution in [0.2, 0.25) is 0 Å². The summed E-state index contributed by atoms with van der Waals surface area (Å²) in [6.45, 7) is 2.86. The van der Waals surface area contributed by atoms with Gasteiger partial charge in [0.2, 0.25) is 0 Å². The number of thiazole rings is 1. The van der Waals surface area contributed by atoms with Gasteiger partial charge in [0.25, 0.3) is 5.91 Å². The Hall–Kier alpha value is -3.46. The van der Waals surface area contributed by atoms with Crippen LogP contribution in [-0.2, 0) is 0 Å². The number of aromatic nitrogens is 1. The average Bonchev–Trinajstić information content (AvgIpc) is 3.32. The number of hydrogen-bond acceptors (Lipinski definition) is 8. The summed E-state index contributed by atoms with van der Waals surface area (Å²) in [4.78, 5) is 21.6. The smallest absolute Gasteiger partial charge is 0.273 e. The van der Waals surface area contributed by atoms with Crippen LogP contribution in [-0.4, -0.2) is 63.3 Å². The quantitative estimate of drug-likeness (QED) is 0.581. The van der Waals surface area contributed by atoms with Gasteiger partial charge in [0.05, 0.1) is 21.3 Å². The summed E-state index contributed by atoms with van der Waals surface area (Å²) < 4.78 is 15.8. The van der Waals surface area contributed by atoms with E-state index >= 15 is 0 Å². The molecule has 4 rings (SSSR count). The van der Waals surface area contributed by atoms with Crippen molar-refractivity contribution in [3.8, 4) is 17.2 Å². The molecule has 2 heterocycles. The molecule has 32 heavy (non-hydrogen) atoms. The van der Waals surface area contributed by atoms with Crippen LogP contribution < -0.4 is 24.4 Å². The lowest BCUT2D eigenvalue weighted by molar-refractivity contribution is 0.0742. The van der Waals surface area contributed by atoms with Gasteiger partial charge in [-0.15, -0.1) is 11.3 Å². The Balaban J connectivity index is 1.36. The highest BCUT2D eigenvalue weighted by Crippen LogP contribution is 2.32. The SMILES string of the molecule is COc1ccc(N2CCN(C(=O)c3csc(Nc4ccc(OC)c(OC)c4)n3)CC2)cc1. The third-order valence-corrected chi connectivity index (χ3v) is 6.12. The van der Waals surface area contributed by atoms with E-state index in [9.17, 15) is 4.79 Å². The fourth-order valence-electron chi connectivity index (χ4n) is 3.59. The Bertz CT molecular complexity index is 1060. The molecule has 1 saturated heterocycles. The number of rotatable bonds is 7. The largest absolute Gasteiger partial charge is 0.497 e. The molecule has 1 aliphatic heterocycles. The number of amides is 1. The number of benzene rings is 2. The molecule has 0 radical (unpaired) electrons. The number of carbonyl (C=O) groups is 1. The third kappa shape index (κ3) is 4.72. The van der Waals surface area contributed by atoms with E-state index in [1.165, 1.54) is 11.3 Å². The fourth-order valence-corrected chi connectivity index (χ4v) is 4.29. The van der Waals surface area contributed by atoms with Crippen molar-refractivity contribution < 1.29 is 19.0 Å². The topological polar surface area (TPSA) is 76.2 Å². The van der Waals surface area contributed by atoms with Gasteiger partial charge < -0.3 is 29.3 Å². The number of ether oxygens (including phenoxy) is 3. The zero-order chi connectivity index (χ0) is 22.5. The summed E-state index contributed by atoms with van der Waals surface area (Å²) in [5.74, 6) is 2.07. The molecule has 3 aromatic rings. The molecular formula is C23H26N4O4S. The minimum absolute atomic E-state index is 0.0454. The maximum absolute atomic E-state index is 12.9. The molecular weight excluding hydrogens is 428 g/mol. The molecule has 1 N–H and O–H groups in total. The van der Waals surface area contributed by atoms with Crippen molar-refractivity contribution in [2.24, 2.45) is 0 Å². The predicted octanol–water partition coefficient (Wildman–Crippen LogP) is 3.87. The van der Waals surface area contributed by atoms with Gasteiger partial charge in [0.15, 0.2) is 16.6 Å². The second kappa shape index (κ2) is 9.78. The fraction of sp³-hybridized carbons (Fsp3) is 0.304. The van der Waals surface area contributed by atoms with Crippen molar-refractivity contribution in [3.05, 3.63) is 53.5 Å². The van der Waals surface area contributed by atoms with E-state index in [4.69, 9.17) is 14.2 Å². The van der Waals surface area contributed by atoms with Gasteiger partial charge >= 0.3 is 0 Å². The van der Waals surface area contributed by atoms with Crippen LogP contribution >= 0.6 is 11.3 Å². The molecule has 1 amide bonds. The van der Waals surface area contributed by atoms with Crippen molar-refractivity contribution >= 4 is 33.8 Å². The molecule has 1 aromatic heterocycles. The van der Waals surface area contributed by atoms with E-state index in [1.54, 1.807) is 26.7 Å². The molecule has 8 nitrogen and oxygen atoms in total. The van der Waals surface area contributed by atoms with Gasteiger partial charge in [-0.2, -0.15) is 0 Å². The minimum atomic E-state index is -0.0454. The highest BCUT2D eigenvalue weighted by atomic mass is 32.1. The number of methoxy groups -OCH3 is 3. The monoisotopic (exact) mass is 454 g/mol. The number of anilines is 3. The molecule has 0 aliphatic carbocycles. The lowest BCUT2D eigenvalue weighted by Gasteiger charge is -2.35. The maximum Gasteiger partial charge on any atom is 0.273 e. The van der Waals surface area contributed by atoms with E-state index in [-0.39, 0.29) is 5.91 Å². The number of piperazine rings is 1. The van der Waals surface area contributed by atoms with Crippen molar-refractivity contribution in [1.29, 1.82) is 0 Å². The van der Waals surface area contributed by atoms with Gasteiger partial charge in [-0.3, -0.25) is 4.79 Å². The van der Waals surface area contributed by atoms with Crippen molar-refractivity contribution in [2.45, 2.75) is 0 Å². The normalized spacial score (nSPS) is 13.6. The van der Waals surface area contributed by atoms with E-state index in [2.05, 4.69) is 15.2 Å². The Kier molecular flexibility index (Phi) is 6.65.